The molecule has 0 fully saturated rings. The zero-order valence-corrected chi connectivity index (χ0v) is 7.92. The molecule has 0 aliphatic carbocycles. The van der Waals surface area contributed by atoms with E-state index in [0.29, 0.717) is 0 Å². The molecule has 1 aromatic rings. The highest BCUT2D eigenvalue weighted by Crippen LogP contribution is 2.27. The van der Waals surface area contributed by atoms with E-state index in [1.807, 2.05) is 0 Å². The van der Waals surface area contributed by atoms with Gasteiger partial charge in [0.05, 0.1) is 16.8 Å². The Balaban J connectivity index is 3.48. The fourth-order valence-corrected chi connectivity index (χ4v) is 1.14. The highest BCUT2D eigenvalue weighted by Gasteiger charge is 2.20. The molecule has 0 atom stereocenters. The number of rotatable bonds is 2. The topological polar surface area (TPSA) is 79.8 Å². The molecule has 0 aliphatic heterocycles. The van der Waals surface area contributed by atoms with Crippen molar-refractivity contribution in [2.24, 2.45) is 0 Å². The number of nitrogens with two attached hydrogens (primary N) is 1. The third-order valence-electron chi connectivity index (χ3n) is 1.68. The maximum absolute atomic E-state index is 12.4. The van der Waals surface area contributed by atoms with Crippen LogP contribution < -0.4 is 5.73 Å². The predicted octanol–water partition coefficient (Wildman–Crippen LogP) is 1.85. The van der Waals surface area contributed by atoms with Crippen LogP contribution in [0.15, 0.2) is 6.20 Å². The summed E-state index contributed by atoms with van der Waals surface area (Å²) in [6, 6.07) is 1.48. The molecule has 78 valence electrons. The highest BCUT2D eigenvalue weighted by atomic mass is 35.5. The Morgan fingerprint density at radius 2 is 2.27 bits per heavy atom. The summed E-state index contributed by atoms with van der Waals surface area (Å²) >= 11 is 5.09. The van der Waals surface area contributed by atoms with Gasteiger partial charge in [0.2, 0.25) is 0 Å². The summed E-state index contributed by atoms with van der Waals surface area (Å²) in [6.45, 7) is 0. The number of nitriles is 1. The van der Waals surface area contributed by atoms with Gasteiger partial charge in [-0.3, -0.25) is 4.79 Å². The fraction of sp³-hybridized carbons (Fsp3) is 0.125. The Morgan fingerprint density at radius 3 is 2.67 bits per heavy atom. The molecule has 1 rings (SSSR count). The summed E-state index contributed by atoms with van der Waals surface area (Å²) in [6.07, 6.45) is -2.16. The van der Waals surface area contributed by atoms with Crippen molar-refractivity contribution in [3.05, 3.63) is 23.0 Å². The number of nitrogen functional groups attached to an aromatic ring is 1. The summed E-state index contributed by atoms with van der Waals surface area (Å²) in [4.78, 5) is 14.1. The van der Waals surface area contributed by atoms with Crippen LogP contribution in [-0.4, -0.2) is 10.2 Å². The van der Waals surface area contributed by atoms with Crippen molar-refractivity contribution in [2.45, 2.75) is 6.43 Å². The minimum Gasteiger partial charge on any atom is -0.396 e. The third kappa shape index (κ3) is 2.02. The first-order valence-electron chi connectivity index (χ1n) is 3.65. The quantitative estimate of drug-likeness (QED) is 0.788. The molecule has 4 nitrogen and oxygen atoms in total. The van der Waals surface area contributed by atoms with Crippen molar-refractivity contribution in [3.8, 4) is 6.07 Å². The predicted molar refractivity (Wildman–Crippen MR) is 48.5 cm³/mol. The van der Waals surface area contributed by atoms with Gasteiger partial charge in [0.1, 0.15) is 11.8 Å². The summed E-state index contributed by atoms with van der Waals surface area (Å²) in [5, 5.41) is 7.61. The van der Waals surface area contributed by atoms with Gasteiger partial charge >= 0.3 is 0 Å². The van der Waals surface area contributed by atoms with E-state index in [1.54, 1.807) is 0 Å². The van der Waals surface area contributed by atoms with Crippen LogP contribution in [0.25, 0.3) is 0 Å². The van der Waals surface area contributed by atoms with Gasteiger partial charge in [0.15, 0.2) is 0 Å². The molecule has 0 unspecified atom stereocenters. The highest BCUT2D eigenvalue weighted by molar-refractivity contribution is 6.68. The summed E-state index contributed by atoms with van der Waals surface area (Å²) < 4.78 is 24.7. The van der Waals surface area contributed by atoms with Crippen LogP contribution in [-0.2, 0) is 0 Å². The molecular formula is C8H4ClF2N3O. The average Bonchev–Trinajstić information content (AvgIpc) is 2.16. The molecule has 1 heterocycles. The van der Waals surface area contributed by atoms with Crippen LogP contribution in [0.5, 0.6) is 0 Å². The van der Waals surface area contributed by atoms with Gasteiger partial charge in [-0.2, -0.15) is 5.26 Å². The second-order valence-corrected chi connectivity index (χ2v) is 2.88. The van der Waals surface area contributed by atoms with E-state index in [0.717, 1.165) is 6.20 Å². The van der Waals surface area contributed by atoms with Crippen molar-refractivity contribution in [3.63, 3.8) is 0 Å². The smallest absolute Gasteiger partial charge is 0.272 e. The molecule has 0 saturated heterocycles. The molecule has 15 heavy (non-hydrogen) atoms. The zero-order valence-electron chi connectivity index (χ0n) is 7.17. The largest absolute Gasteiger partial charge is 0.396 e. The molecule has 7 heteroatoms. The third-order valence-corrected chi connectivity index (χ3v) is 1.86. The molecule has 2 N–H and O–H groups in total. The van der Waals surface area contributed by atoms with Gasteiger partial charge in [0.25, 0.3) is 11.7 Å². The standard InChI is InChI=1S/C8H4ClF2N3O/c9-7(15)6-5(13)3(1-12)4(2-14-6)8(10)11/h2,8H,13H2. The van der Waals surface area contributed by atoms with Gasteiger partial charge in [-0.25, -0.2) is 13.8 Å². The lowest BCUT2D eigenvalue weighted by Gasteiger charge is -2.06. The first kappa shape index (κ1) is 11.3. The second kappa shape index (κ2) is 4.19. The van der Waals surface area contributed by atoms with Crippen molar-refractivity contribution < 1.29 is 13.6 Å². The molecule has 0 amide bonds. The summed E-state index contributed by atoms with van der Waals surface area (Å²) in [5.41, 5.74) is 3.41. The molecule has 0 saturated carbocycles. The van der Waals surface area contributed by atoms with Gasteiger partial charge in [-0.15, -0.1) is 0 Å². The lowest BCUT2D eigenvalue weighted by Crippen LogP contribution is -2.07. The number of nitrogens with zero attached hydrogens (tertiary/aromatic N) is 2. The monoisotopic (exact) mass is 231 g/mol. The molecule has 0 spiro atoms. The molecule has 0 bridgehead atoms. The fourth-order valence-electron chi connectivity index (χ4n) is 0.989. The van der Waals surface area contributed by atoms with Gasteiger partial charge in [-0.1, -0.05) is 0 Å². The number of carbonyl (C=O) groups is 1. The maximum Gasteiger partial charge on any atom is 0.272 e. The maximum atomic E-state index is 12.4. The number of pyridine rings is 1. The van der Waals surface area contributed by atoms with Gasteiger partial charge < -0.3 is 5.73 Å². The van der Waals surface area contributed by atoms with E-state index in [1.165, 1.54) is 6.07 Å². The Hall–Kier alpha value is -1.74. The number of halogens is 3. The Kier molecular flexibility index (Phi) is 3.17. The lowest BCUT2D eigenvalue weighted by molar-refractivity contribution is 0.107. The zero-order chi connectivity index (χ0) is 11.6. The number of hydrogen-bond donors (Lipinski definition) is 1. The SMILES string of the molecule is N#Cc1c(C(F)F)cnc(C(=O)Cl)c1N. The van der Waals surface area contributed by atoms with Crippen molar-refractivity contribution in [1.29, 1.82) is 5.26 Å². The van der Waals surface area contributed by atoms with Crippen LogP contribution in [0.1, 0.15) is 28.0 Å². The first-order valence-corrected chi connectivity index (χ1v) is 4.03. The van der Waals surface area contributed by atoms with Gasteiger partial charge in [0, 0.05) is 6.20 Å². The van der Waals surface area contributed by atoms with Gasteiger partial charge in [-0.05, 0) is 11.6 Å². The number of carbonyl (C=O) groups excluding carboxylic acids is 1. The van der Waals surface area contributed by atoms with E-state index in [9.17, 15) is 13.6 Å². The molecule has 1 aromatic heterocycles. The number of anilines is 1. The second-order valence-electron chi connectivity index (χ2n) is 2.54. The van der Waals surface area contributed by atoms with Crippen LogP contribution in [0.3, 0.4) is 0 Å². The number of aromatic nitrogens is 1. The van der Waals surface area contributed by atoms with E-state index in [-0.39, 0.29) is 0 Å². The van der Waals surface area contributed by atoms with Crippen LogP contribution in [0.2, 0.25) is 0 Å². The van der Waals surface area contributed by atoms with E-state index in [2.05, 4.69) is 4.98 Å². The summed E-state index contributed by atoms with van der Waals surface area (Å²) in [7, 11) is 0. The molecule has 0 aromatic carbocycles. The van der Waals surface area contributed by atoms with Crippen molar-refractivity contribution >= 4 is 22.5 Å². The average molecular weight is 232 g/mol. The normalized spacial score (nSPS) is 10.1. The number of hydrogen-bond acceptors (Lipinski definition) is 4. The van der Waals surface area contributed by atoms with Crippen molar-refractivity contribution in [1.82, 2.24) is 4.98 Å². The Labute approximate surface area is 88.3 Å². The minimum absolute atomic E-state index is 0.391. The molecular weight excluding hydrogens is 228 g/mol. The molecule has 0 radical (unpaired) electrons. The van der Waals surface area contributed by atoms with E-state index >= 15 is 0 Å². The summed E-state index contributed by atoms with van der Waals surface area (Å²) in [5.74, 6) is 0. The minimum atomic E-state index is -2.88. The lowest BCUT2D eigenvalue weighted by atomic mass is 10.1. The van der Waals surface area contributed by atoms with Crippen LogP contribution >= 0.6 is 11.6 Å². The van der Waals surface area contributed by atoms with Crippen molar-refractivity contribution in [2.75, 3.05) is 5.73 Å². The number of alkyl halides is 2. The molecule has 0 aliphatic rings. The first-order chi connectivity index (χ1) is 6.99. The Bertz CT molecular complexity index is 456. The van der Waals surface area contributed by atoms with Crippen LogP contribution in [0, 0.1) is 11.3 Å². The van der Waals surface area contributed by atoms with Crippen LogP contribution in [0.4, 0.5) is 14.5 Å². The Morgan fingerprint density at radius 1 is 1.67 bits per heavy atom. The van der Waals surface area contributed by atoms with E-state index < -0.39 is 34.2 Å². The van der Waals surface area contributed by atoms with E-state index in [4.69, 9.17) is 22.6 Å².